The molecular weight excluding hydrogens is 386 g/mol. The standard InChI is InChI=1S/C19H20BrNO4/c1-23-17-9-13-7-8-21(11-14(13)10-18(17)24-2)19(22)12-25-16-6-4-3-5-15(16)20/h3-6,9-10H,7-8,11-12H2,1-2H3. The largest absolute Gasteiger partial charge is 0.493 e. The molecular formula is C19H20BrNO4. The summed E-state index contributed by atoms with van der Waals surface area (Å²) in [6.45, 7) is 1.24. The van der Waals surface area contributed by atoms with Crippen molar-refractivity contribution in [3.63, 3.8) is 0 Å². The normalized spacial score (nSPS) is 13.2. The smallest absolute Gasteiger partial charge is 0.260 e. The third kappa shape index (κ3) is 3.90. The van der Waals surface area contributed by atoms with Gasteiger partial charge in [0.15, 0.2) is 18.1 Å². The molecule has 0 bridgehead atoms. The first kappa shape index (κ1) is 17.6. The Morgan fingerprint density at radius 2 is 1.76 bits per heavy atom. The van der Waals surface area contributed by atoms with E-state index >= 15 is 0 Å². The number of carbonyl (C=O) groups is 1. The highest BCUT2D eigenvalue weighted by molar-refractivity contribution is 9.10. The highest BCUT2D eigenvalue weighted by Gasteiger charge is 2.23. The minimum atomic E-state index is -0.0313. The molecule has 1 heterocycles. The summed E-state index contributed by atoms with van der Waals surface area (Å²) >= 11 is 3.42. The first-order chi connectivity index (χ1) is 12.1. The Morgan fingerprint density at radius 3 is 2.44 bits per heavy atom. The van der Waals surface area contributed by atoms with E-state index in [0.717, 1.165) is 22.2 Å². The lowest BCUT2D eigenvalue weighted by Crippen LogP contribution is -2.38. The Morgan fingerprint density at radius 1 is 1.08 bits per heavy atom. The lowest BCUT2D eigenvalue weighted by Gasteiger charge is -2.29. The molecule has 1 aliphatic rings. The Kier molecular flexibility index (Phi) is 5.48. The number of ether oxygens (including phenoxy) is 3. The maximum Gasteiger partial charge on any atom is 0.260 e. The van der Waals surface area contributed by atoms with Crippen molar-refractivity contribution in [2.24, 2.45) is 0 Å². The Bertz CT molecular complexity index is 778. The van der Waals surface area contributed by atoms with Gasteiger partial charge < -0.3 is 19.1 Å². The first-order valence-corrected chi connectivity index (χ1v) is 8.80. The minimum Gasteiger partial charge on any atom is -0.493 e. The summed E-state index contributed by atoms with van der Waals surface area (Å²) in [6, 6.07) is 11.4. The average Bonchev–Trinajstić information content (AvgIpc) is 2.65. The zero-order valence-corrected chi connectivity index (χ0v) is 15.8. The fraction of sp³-hybridized carbons (Fsp3) is 0.316. The van der Waals surface area contributed by atoms with Gasteiger partial charge in [0.1, 0.15) is 5.75 Å². The molecule has 0 aliphatic carbocycles. The molecule has 0 radical (unpaired) electrons. The highest BCUT2D eigenvalue weighted by atomic mass is 79.9. The fourth-order valence-corrected chi connectivity index (χ4v) is 3.29. The summed E-state index contributed by atoms with van der Waals surface area (Å²) in [6.07, 6.45) is 0.788. The van der Waals surface area contributed by atoms with E-state index in [0.29, 0.717) is 24.6 Å². The number of hydrogen-bond donors (Lipinski definition) is 0. The highest BCUT2D eigenvalue weighted by Crippen LogP contribution is 2.33. The number of amides is 1. The molecule has 0 unspecified atom stereocenters. The Balaban J connectivity index is 1.67. The second-order valence-corrected chi connectivity index (χ2v) is 6.61. The summed E-state index contributed by atoms with van der Waals surface area (Å²) in [5, 5.41) is 0. The van der Waals surface area contributed by atoms with Gasteiger partial charge in [-0.25, -0.2) is 0 Å². The van der Waals surface area contributed by atoms with Gasteiger partial charge in [-0.2, -0.15) is 0 Å². The van der Waals surface area contributed by atoms with Crippen molar-refractivity contribution in [3.8, 4) is 17.2 Å². The van der Waals surface area contributed by atoms with Crippen LogP contribution in [-0.2, 0) is 17.8 Å². The molecule has 0 aromatic heterocycles. The number of benzene rings is 2. The number of fused-ring (bicyclic) bond motifs is 1. The summed E-state index contributed by atoms with van der Waals surface area (Å²) < 4.78 is 17.2. The minimum absolute atomic E-state index is 0.0191. The molecule has 132 valence electrons. The lowest BCUT2D eigenvalue weighted by atomic mass is 9.99. The van der Waals surface area contributed by atoms with Crippen LogP contribution >= 0.6 is 15.9 Å². The molecule has 0 fully saturated rings. The van der Waals surface area contributed by atoms with Gasteiger partial charge in [-0.05, 0) is 57.7 Å². The van der Waals surface area contributed by atoms with E-state index in [-0.39, 0.29) is 12.5 Å². The van der Waals surface area contributed by atoms with Gasteiger partial charge in [-0.1, -0.05) is 12.1 Å². The molecule has 0 spiro atoms. The number of para-hydroxylation sites is 1. The summed E-state index contributed by atoms with van der Waals surface area (Å²) in [7, 11) is 3.24. The van der Waals surface area contributed by atoms with Gasteiger partial charge in [0.25, 0.3) is 5.91 Å². The number of hydrogen-bond acceptors (Lipinski definition) is 4. The van der Waals surface area contributed by atoms with Gasteiger partial charge in [-0.15, -0.1) is 0 Å². The van der Waals surface area contributed by atoms with Crippen LogP contribution in [0.2, 0.25) is 0 Å². The molecule has 2 aromatic rings. The van der Waals surface area contributed by atoms with E-state index < -0.39 is 0 Å². The number of methoxy groups -OCH3 is 2. The van der Waals surface area contributed by atoms with Gasteiger partial charge in [-0.3, -0.25) is 4.79 Å². The van der Waals surface area contributed by atoms with E-state index in [2.05, 4.69) is 15.9 Å². The fourth-order valence-electron chi connectivity index (χ4n) is 2.89. The van der Waals surface area contributed by atoms with Crippen LogP contribution in [0.25, 0.3) is 0 Å². The van der Waals surface area contributed by atoms with Crippen LogP contribution in [0.3, 0.4) is 0 Å². The van der Waals surface area contributed by atoms with Crippen molar-refractivity contribution >= 4 is 21.8 Å². The number of halogens is 1. The van der Waals surface area contributed by atoms with E-state index in [1.165, 1.54) is 5.56 Å². The molecule has 0 N–H and O–H groups in total. The van der Waals surface area contributed by atoms with E-state index in [9.17, 15) is 4.79 Å². The predicted molar refractivity (Wildman–Crippen MR) is 98.3 cm³/mol. The average molecular weight is 406 g/mol. The van der Waals surface area contributed by atoms with Crippen molar-refractivity contribution in [1.29, 1.82) is 0 Å². The number of nitrogens with zero attached hydrogens (tertiary/aromatic N) is 1. The van der Waals surface area contributed by atoms with Crippen molar-refractivity contribution < 1.29 is 19.0 Å². The third-order valence-corrected chi connectivity index (χ3v) is 4.91. The van der Waals surface area contributed by atoms with E-state index in [1.54, 1.807) is 14.2 Å². The van der Waals surface area contributed by atoms with Gasteiger partial charge in [0.2, 0.25) is 0 Å². The van der Waals surface area contributed by atoms with Crippen LogP contribution in [-0.4, -0.2) is 38.2 Å². The third-order valence-electron chi connectivity index (χ3n) is 4.26. The second kappa shape index (κ2) is 7.78. The Labute approximate surface area is 155 Å². The summed E-state index contributed by atoms with van der Waals surface area (Å²) in [5.74, 6) is 2.04. The van der Waals surface area contributed by atoms with Crippen LogP contribution in [0, 0.1) is 0 Å². The first-order valence-electron chi connectivity index (χ1n) is 8.01. The van der Waals surface area contributed by atoms with Crippen molar-refractivity contribution in [3.05, 3.63) is 52.0 Å². The summed E-state index contributed by atoms with van der Waals surface area (Å²) in [4.78, 5) is 14.3. The lowest BCUT2D eigenvalue weighted by molar-refractivity contribution is -0.134. The molecule has 0 saturated heterocycles. The van der Waals surface area contributed by atoms with Gasteiger partial charge in [0, 0.05) is 13.1 Å². The zero-order chi connectivity index (χ0) is 17.8. The maximum atomic E-state index is 12.5. The maximum absolute atomic E-state index is 12.5. The van der Waals surface area contributed by atoms with Crippen molar-refractivity contribution in [1.82, 2.24) is 4.90 Å². The topological polar surface area (TPSA) is 48.0 Å². The van der Waals surface area contributed by atoms with Crippen LogP contribution in [0.1, 0.15) is 11.1 Å². The zero-order valence-electron chi connectivity index (χ0n) is 14.3. The van der Waals surface area contributed by atoms with Crippen molar-refractivity contribution in [2.45, 2.75) is 13.0 Å². The van der Waals surface area contributed by atoms with Gasteiger partial charge in [0.05, 0.1) is 18.7 Å². The summed E-state index contributed by atoms with van der Waals surface area (Å²) in [5.41, 5.74) is 2.27. The second-order valence-electron chi connectivity index (χ2n) is 5.76. The molecule has 2 aromatic carbocycles. The van der Waals surface area contributed by atoms with Crippen LogP contribution in [0.15, 0.2) is 40.9 Å². The molecule has 25 heavy (non-hydrogen) atoms. The molecule has 3 rings (SSSR count). The number of carbonyl (C=O) groups excluding carboxylic acids is 1. The predicted octanol–water partition coefficient (Wildman–Crippen LogP) is 3.43. The molecule has 0 saturated carbocycles. The van der Waals surface area contributed by atoms with Crippen LogP contribution in [0.4, 0.5) is 0 Å². The molecule has 5 nitrogen and oxygen atoms in total. The van der Waals surface area contributed by atoms with Crippen LogP contribution in [0.5, 0.6) is 17.2 Å². The SMILES string of the molecule is COc1cc2c(cc1OC)CN(C(=O)COc1ccccc1Br)CC2. The van der Waals surface area contributed by atoms with Gasteiger partial charge >= 0.3 is 0 Å². The Hall–Kier alpha value is -2.21. The monoisotopic (exact) mass is 405 g/mol. The van der Waals surface area contributed by atoms with E-state index in [1.807, 2.05) is 41.3 Å². The molecule has 0 atom stereocenters. The molecule has 6 heteroatoms. The van der Waals surface area contributed by atoms with Crippen LogP contribution < -0.4 is 14.2 Å². The quantitative estimate of drug-likeness (QED) is 0.764. The van der Waals surface area contributed by atoms with Crippen molar-refractivity contribution in [2.75, 3.05) is 27.4 Å². The molecule has 1 aliphatic heterocycles. The number of rotatable bonds is 5. The van der Waals surface area contributed by atoms with E-state index in [4.69, 9.17) is 14.2 Å². The molecule has 1 amide bonds.